The molecule has 4 unspecified atom stereocenters. The van der Waals surface area contributed by atoms with Crippen LogP contribution in [0.5, 0.6) is 0 Å². The predicted molar refractivity (Wildman–Crippen MR) is 81.2 cm³/mol. The Balaban J connectivity index is 1.78. The van der Waals surface area contributed by atoms with E-state index in [-0.39, 0.29) is 11.5 Å². The van der Waals surface area contributed by atoms with Crippen LogP contribution >= 0.6 is 0 Å². The second kappa shape index (κ2) is 4.72. The van der Waals surface area contributed by atoms with Gasteiger partial charge in [-0.2, -0.15) is 0 Å². The molecule has 4 atom stereocenters. The van der Waals surface area contributed by atoms with Crippen LogP contribution in [0.2, 0.25) is 0 Å². The highest BCUT2D eigenvalue weighted by molar-refractivity contribution is 5.84. The Morgan fingerprint density at radius 1 is 1.35 bits per heavy atom. The molecule has 0 aromatic carbocycles. The van der Waals surface area contributed by atoms with Gasteiger partial charge >= 0.3 is 0 Å². The molecule has 1 amide bonds. The first-order chi connectivity index (χ1) is 9.40. The van der Waals surface area contributed by atoms with Gasteiger partial charge < -0.3 is 4.90 Å². The van der Waals surface area contributed by atoms with E-state index in [0.29, 0.717) is 17.4 Å². The number of carbonyl (C=O) groups excluding carboxylic acids is 1. The van der Waals surface area contributed by atoms with Crippen LogP contribution in [0.1, 0.15) is 66.2 Å². The second-order valence-corrected chi connectivity index (χ2v) is 8.18. The minimum Gasteiger partial charge on any atom is -0.324 e. The number of nitrogens with one attached hydrogen (secondary N) is 1. The van der Waals surface area contributed by atoms with Crippen molar-refractivity contribution in [3.63, 3.8) is 0 Å². The molecular formula is C17H30N2O. The SMILES string of the molecule is CCCCC1NCN(C2C3(C)CCC(C3)C2(C)C)C1=O. The zero-order valence-corrected chi connectivity index (χ0v) is 13.5. The van der Waals surface area contributed by atoms with E-state index in [1.54, 1.807) is 0 Å². The number of nitrogens with zero attached hydrogens (tertiary/aromatic N) is 1. The standard InChI is InChI=1S/C17H30N2O/c1-5-6-7-13-14(20)19(11-18-13)15-16(2,3)12-8-9-17(15,4)10-12/h12-13,15,18H,5-11H2,1-4H3. The molecule has 1 aliphatic heterocycles. The molecule has 2 saturated carbocycles. The van der Waals surface area contributed by atoms with Gasteiger partial charge in [-0.05, 0) is 42.4 Å². The lowest BCUT2D eigenvalue weighted by atomic mass is 9.67. The number of hydrogen-bond donors (Lipinski definition) is 1. The zero-order valence-electron chi connectivity index (χ0n) is 13.5. The lowest BCUT2D eigenvalue weighted by molar-refractivity contribution is -0.136. The van der Waals surface area contributed by atoms with Gasteiger partial charge in [0.05, 0.1) is 12.7 Å². The fourth-order valence-corrected chi connectivity index (χ4v) is 5.48. The van der Waals surface area contributed by atoms with E-state index in [1.165, 1.54) is 25.7 Å². The monoisotopic (exact) mass is 278 g/mol. The summed E-state index contributed by atoms with van der Waals surface area (Å²) in [7, 11) is 0. The van der Waals surface area contributed by atoms with Gasteiger partial charge in [0.25, 0.3) is 0 Å². The van der Waals surface area contributed by atoms with Crippen LogP contribution < -0.4 is 5.32 Å². The Morgan fingerprint density at radius 2 is 2.10 bits per heavy atom. The van der Waals surface area contributed by atoms with E-state index in [9.17, 15) is 4.79 Å². The number of rotatable bonds is 4. The number of amides is 1. The van der Waals surface area contributed by atoms with E-state index in [2.05, 4.69) is 37.9 Å². The fourth-order valence-electron chi connectivity index (χ4n) is 5.48. The molecule has 3 aliphatic rings. The van der Waals surface area contributed by atoms with E-state index in [0.717, 1.165) is 25.4 Å². The molecule has 2 bridgehead atoms. The van der Waals surface area contributed by atoms with Crippen molar-refractivity contribution in [2.45, 2.75) is 78.3 Å². The van der Waals surface area contributed by atoms with Crippen LogP contribution in [-0.2, 0) is 4.79 Å². The topological polar surface area (TPSA) is 32.3 Å². The average Bonchev–Trinajstić information content (AvgIpc) is 2.98. The Kier molecular flexibility index (Phi) is 3.39. The minimum absolute atomic E-state index is 0.0773. The van der Waals surface area contributed by atoms with E-state index < -0.39 is 0 Å². The molecule has 0 spiro atoms. The average molecular weight is 278 g/mol. The highest BCUT2D eigenvalue weighted by Crippen LogP contribution is 2.64. The predicted octanol–water partition coefficient (Wildman–Crippen LogP) is 3.15. The molecule has 3 heteroatoms. The summed E-state index contributed by atoms with van der Waals surface area (Å²) >= 11 is 0. The molecule has 0 radical (unpaired) electrons. The van der Waals surface area contributed by atoms with Crippen molar-refractivity contribution >= 4 is 5.91 Å². The molecule has 3 rings (SSSR count). The van der Waals surface area contributed by atoms with Crippen LogP contribution in [-0.4, -0.2) is 29.6 Å². The van der Waals surface area contributed by atoms with Crippen LogP contribution in [0.25, 0.3) is 0 Å². The summed E-state index contributed by atoms with van der Waals surface area (Å²) in [6.45, 7) is 10.2. The van der Waals surface area contributed by atoms with E-state index >= 15 is 0 Å². The molecule has 2 aliphatic carbocycles. The maximum atomic E-state index is 12.8. The Labute approximate surface area is 123 Å². The number of carbonyl (C=O) groups is 1. The van der Waals surface area contributed by atoms with Crippen molar-refractivity contribution in [1.29, 1.82) is 0 Å². The van der Waals surface area contributed by atoms with Gasteiger partial charge in [-0.3, -0.25) is 10.1 Å². The summed E-state index contributed by atoms with van der Waals surface area (Å²) in [6, 6.07) is 0.508. The molecule has 1 heterocycles. The Hall–Kier alpha value is -0.570. The number of unbranched alkanes of at least 4 members (excludes halogenated alkanes) is 1. The van der Waals surface area contributed by atoms with Gasteiger partial charge in [0.2, 0.25) is 5.91 Å². The third-order valence-corrected chi connectivity index (χ3v) is 6.44. The zero-order chi connectivity index (χ0) is 14.5. The lowest BCUT2D eigenvalue weighted by Gasteiger charge is -2.47. The summed E-state index contributed by atoms with van der Waals surface area (Å²) in [5, 5.41) is 3.46. The first-order valence-electron chi connectivity index (χ1n) is 8.44. The van der Waals surface area contributed by atoms with Gasteiger partial charge in [-0.25, -0.2) is 0 Å². The first-order valence-corrected chi connectivity index (χ1v) is 8.44. The maximum absolute atomic E-state index is 12.8. The Bertz CT molecular complexity index is 401. The van der Waals surface area contributed by atoms with Crippen LogP contribution in [0.15, 0.2) is 0 Å². The summed E-state index contributed by atoms with van der Waals surface area (Å²) in [5.41, 5.74) is 0.634. The minimum atomic E-state index is 0.0773. The lowest BCUT2D eigenvalue weighted by Crippen LogP contribution is -2.53. The van der Waals surface area contributed by atoms with Gasteiger partial charge in [0.1, 0.15) is 0 Å². The Morgan fingerprint density at radius 3 is 2.70 bits per heavy atom. The first kappa shape index (κ1) is 14.4. The molecule has 114 valence electrons. The van der Waals surface area contributed by atoms with Crippen LogP contribution in [0, 0.1) is 16.7 Å². The van der Waals surface area contributed by atoms with Crippen LogP contribution in [0.3, 0.4) is 0 Å². The number of fused-ring (bicyclic) bond motifs is 2. The maximum Gasteiger partial charge on any atom is 0.241 e. The molecular weight excluding hydrogens is 248 g/mol. The summed E-state index contributed by atoms with van der Waals surface area (Å²) in [6.07, 6.45) is 7.28. The molecule has 0 aromatic rings. The smallest absolute Gasteiger partial charge is 0.241 e. The molecule has 1 N–H and O–H groups in total. The highest BCUT2D eigenvalue weighted by Gasteiger charge is 2.62. The summed E-state index contributed by atoms with van der Waals surface area (Å²) < 4.78 is 0. The number of hydrogen-bond acceptors (Lipinski definition) is 2. The van der Waals surface area contributed by atoms with Crippen LogP contribution in [0.4, 0.5) is 0 Å². The van der Waals surface area contributed by atoms with Gasteiger partial charge in [-0.1, -0.05) is 40.5 Å². The van der Waals surface area contributed by atoms with E-state index in [4.69, 9.17) is 0 Å². The fraction of sp³-hybridized carbons (Fsp3) is 0.941. The second-order valence-electron chi connectivity index (χ2n) is 8.18. The van der Waals surface area contributed by atoms with Crippen molar-refractivity contribution in [3.05, 3.63) is 0 Å². The van der Waals surface area contributed by atoms with Crippen molar-refractivity contribution in [2.75, 3.05) is 6.67 Å². The third kappa shape index (κ3) is 1.93. The van der Waals surface area contributed by atoms with Gasteiger partial charge in [0, 0.05) is 6.04 Å². The van der Waals surface area contributed by atoms with E-state index in [1.807, 2.05) is 0 Å². The molecule has 3 nitrogen and oxygen atoms in total. The largest absolute Gasteiger partial charge is 0.324 e. The van der Waals surface area contributed by atoms with Gasteiger partial charge in [0.15, 0.2) is 0 Å². The molecule has 20 heavy (non-hydrogen) atoms. The van der Waals surface area contributed by atoms with Crippen molar-refractivity contribution in [3.8, 4) is 0 Å². The van der Waals surface area contributed by atoms with Crippen molar-refractivity contribution in [1.82, 2.24) is 10.2 Å². The third-order valence-electron chi connectivity index (χ3n) is 6.44. The van der Waals surface area contributed by atoms with Crippen molar-refractivity contribution < 1.29 is 4.79 Å². The molecule has 0 aromatic heterocycles. The summed E-state index contributed by atoms with van der Waals surface area (Å²) in [4.78, 5) is 15.0. The van der Waals surface area contributed by atoms with Crippen molar-refractivity contribution in [2.24, 2.45) is 16.7 Å². The summed E-state index contributed by atoms with van der Waals surface area (Å²) in [5.74, 6) is 1.17. The van der Waals surface area contributed by atoms with Gasteiger partial charge in [-0.15, -0.1) is 0 Å². The normalized spacial score (nSPS) is 42.7. The molecule has 1 saturated heterocycles. The highest BCUT2D eigenvalue weighted by atomic mass is 16.2. The quantitative estimate of drug-likeness (QED) is 0.857. The molecule has 3 fully saturated rings.